The van der Waals surface area contributed by atoms with Gasteiger partial charge in [-0.1, -0.05) is 0 Å². The topological polar surface area (TPSA) is 69.7 Å². The Kier molecular flexibility index (Phi) is 5.63. The molecule has 1 fully saturated rings. The van der Waals surface area contributed by atoms with Gasteiger partial charge in [0.05, 0.1) is 11.4 Å². The molecule has 0 radical (unpaired) electrons. The summed E-state index contributed by atoms with van der Waals surface area (Å²) in [6.45, 7) is 3.92. The van der Waals surface area contributed by atoms with Crippen LogP contribution in [-0.2, 0) is 9.59 Å². The van der Waals surface area contributed by atoms with Crippen molar-refractivity contribution in [3.8, 4) is 0 Å². The Labute approximate surface area is 151 Å². The number of benzene rings is 1. The molecule has 0 unspecified atom stereocenters. The minimum absolute atomic E-state index is 0.00322. The fourth-order valence-corrected chi connectivity index (χ4v) is 4.10. The third kappa shape index (κ3) is 3.98. The summed E-state index contributed by atoms with van der Waals surface area (Å²) in [6.07, 6.45) is 3.24. The first-order valence-electron chi connectivity index (χ1n) is 8.73. The van der Waals surface area contributed by atoms with Crippen molar-refractivity contribution in [2.75, 3.05) is 36.8 Å². The largest absolute Gasteiger partial charge is 0.355 e. The molecule has 2 aliphatic heterocycles. The van der Waals surface area contributed by atoms with E-state index in [2.05, 4.69) is 5.32 Å². The minimum Gasteiger partial charge on any atom is -0.355 e. The maximum Gasteiger partial charge on any atom is 0.253 e. The number of amides is 3. The van der Waals surface area contributed by atoms with Gasteiger partial charge in [0.25, 0.3) is 5.91 Å². The molecule has 134 valence electrons. The molecule has 0 aromatic heterocycles. The smallest absolute Gasteiger partial charge is 0.253 e. The number of likely N-dealkylation sites (N-methyl/N-ethyl adjacent to an activating group) is 1. The van der Waals surface area contributed by atoms with E-state index in [4.69, 9.17) is 0 Å². The second-order valence-electron chi connectivity index (χ2n) is 6.26. The quantitative estimate of drug-likeness (QED) is 0.889. The van der Waals surface area contributed by atoms with Crippen molar-refractivity contribution in [3.05, 3.63) is 23.8 Å². The van der Waals surface area contributed by atoms with Gasteiger partial charge in [-0.25, -0.2) is 0 Å². The van der Waals surface area contributed by atoms with Gasteiger partial charge in [-0.3, -0.25) is 14.4 Å². The molecule has 1 aromatic carbocycles. The fraction of sp³-hybridized carbons (Fsp3) is 0.500. The summed E-state index contributed by atoms with van der Waals surface area (Å²) in [5.74, 6) is 0.0162. The Morgan fingerprint density at radius 1 is 1.20 bits per heavy atom. The molecule has 3 rings (SSSR count). The number of likely N-dealkylation sites (tertiary alicyclic amines) is 1. The molecule has 0 atom stereocenters. The molecular formula is C18H23N3O3S. The summed E-state index contributed by atoms with van der Waals surface area (Å²) in [4.78, 5) is 41.3. The first-order valence-corrected chi connectivity index (χ1v) is 9.72. The number of carbonyl (C=O) groups is 3. The van der Waals surface area contributed by atoms with E-state index in [9.17, 15) is 14.4 Å². The van der Waals surface area contributed by atoms with Gasteiger partial charge in [-0.2, -0.15) is 0 Å². The molecule has 1 saturated heterocycles. The molecule has 7 heteroatoms. The summed E-state index contributed by atoms with van der Waals surface area (Å²) < 4.78 is 0. The van der Waals surface area contributed by atoms with E-state index in [-0.39, 0.29) is 24.3 Å². The number of rotatable bonds is 4. The van der Waals surface area contributed by atoms with E-state index in [1.165, 1.54) is 23.1 Å². The van der Waals surface area contributed by atoms with Gasteiger partial charge in [0, 0.05) is 30.1 Å². The second kappa shape index (κ2) is 7.91. The van der Waals surface area contributed by atoms with Gasteiger partial charge in [0.1, 0.15) is 6.54 Å². The zero-order chi connectivity index (χ0) is 17.8. The predicted molar refractivity (Wildman–Crippen MR) is 98.0 cm³/mol. The normalized spacial score (nSPS) is 17.2. The Morgan fingerprint density at radius 2 is 1.96 bits per heavy atom. The maximum atomic E-state index is 12.7. The van der Waals surface area contributed by atoms with E-state index in [0.29, 0.717) is 23.5 Å². The number of hydrogen-bond donors (Lipinski definition) is 1. The fourth-order valence-electron chi connectivity index (χ4n) is 3.18. The van der Waals surface area contributed by atoms with Crippen LogP contribution in [0.2, 0.25) is 0 Å². The lowest BCUT2D eigenvalue weighted by atomic mass is 10.1. The van der Waals surface area contributed by atoms with Crippen LogP contribution in [0.25, 0.3) is 0 Å². The zero-order valence-electron chi connectivity index (χ0n) is 14.4. The van der Waals surface area contributed by atoms with Crippen molar-refractivity contribution in [2.45, 2.75) is 31.1 Å². The number of hydrogen-bond acceptors (Lipinski definition) is 4. The maximum absolute atomic E-state index is 12.7. The molecule has 3 amide bonds. The Bertz CT molecular complexity index is 686. The number of nitrogens with one attached hydrogen (secondary N) is 1. The second-order valence-corrected chi connectivity index (χ2v) is 7.27. The Morgan fingerprint density at radius 3 is 2.68 bits per heavy atom. The van der Waals surface area contributed by atoms with E-state index >= 15 is 0 Å². The molecule has 0 bridgehead atoms. The average Bonchev–Trinajstić information content (AvgIpc) is 2.64. The summed E-state index contributed by atoms with van der Waals surface area (Å²) >= 11 is 1.45. The lowest BCUT2D eigenvalue weighted by molar-refractivity contribution is -0.122. The van der Waals surface area contributed by atoms with E-state index < -0.39 is 0 Å². The van der Waals surface area contributed by atoms with Crippen LogP contribution in [-0.4, -0.2) is 54.6 Å². The van der Waals surface area contributed by atoms with E-state index in [1.807, 2.05) is 24.0 Å². The Hall–Kier alpha value is -2.02. The lowest BCUT2D eigenvalue weighted by Crippen LogP contribution is -2.43. The molecule has 2 aliphatic rings. The van der Waals surface area contributed by atoms with Crippen molar-refractivity contribution in [2.24, 2.45) is 0 Å². The van der Waals surface area contributed by atoms with Crippen LogP contribution in [0.4, 0.5) is 5.69 Å². The summed E-state index contributed by atoms with van der Waals surface area (Å²) in [5.41, 5.74) is 1.24. The van der Waals surface area contributed by atoms with Crippen LogP contribution in [0, 0.1) is 0 Å². The molecule has 0 aliphatic carbocycles. The van der Waals surface area contributed by atoms with Gasteiger partial charge in [0.2, 0.25) is 11.8 Å². The van der Waals surface area contributed by atoms with Gasteiger partial charge in [-0.05, 0) is 44.4 Å². The number of nitrogens with zero attached hydrogens (tertiary/aromatic N) is 2. The minimum atomic E-state index is -0.193. The molecule has 6 nitrogen and oxygen atoms in total. The number of anilines is 1. The van der Waals surface area contributed by atoms with Crippen LogP contribution in [0.15, 0.2) is 23.1 Å². The van der Waals surface area contributed by atoms with E-state index in [0.717, 1.165) is 30.8 Å². The number of fused-ring (bicyclic) bond motifs is 1. The summed E-state index contributed by atoms with van der Waals surface area (Å²) in [7, 11) is 0. The van der Waals surface area contributed by atoms with Crippen LogP contribution in [0.3, 0.4) is 0 Å². The number of piperidine rings is 1. The highest BCUT2D eigenvalue weighted by Crippen LogP contribution is 2.36. The first kappa shape index (κ1) is 17.8. The van der Waals surface area contributed by atoms with Gasteiger partial charge in [-0.15, -0.1) is 11.8 Å². The SMILES string of the molecule is CCNC(=O)CN1C(=O)CSc2ccc(C(=O)N3CCCCC3)cc21. The third-order valence-electron chi connectivity index (χ3n) is 4.47. The standard InChI is InChI=1S/C18H23N3O3S/c1-2-19-16(22)11-21-14-10-13(6-7-15(14)25-12-17(21)23)18(24)20-8-4-3-5-9-20/h6-7,10H,2-5,8-9,11-12H2,1H3,(H,19,22). The van der Waals surface area contributed by atoms with Crippen molar-refractivity contribution < 1.29 is 14.4 Å². The molecular weight excluding hydrogens is 338 g/mol. The van der Waals surface area contributed by atoms with Crippen LogP contribution in [0.1, 0.15) is 36.5 Å². The van der Waals surface area contributed by atoms with Crippen LogP contribution >= 0.6 is 11.8 Å². The van der Waals surface area contributed by atoms with Crippen LogP contribution in [0.5, 0.6) is 0 Å². The highest BCUT2D eigenvalue weighted by atomic mass is 32.2. The molecule has 1 N–H and O–H groups in total. The van der Waals surface area contributed by atoms with E-state index in [1.54, 1.807) is 6.07 Å². The monoisotopic (exact) mass is 361 g/mol. The number of carbonyl (C=O) groups excluding carboxylic acids is 3. The number of thioether (sulfide) groups is 1. The van der Waals surface area contributed by atoms with Crippen molar-refractivity contribution in [1.82, 2.24) is 10.2 Å². The predicted octanol–water partition coefficient (Wildman–Crippen LogP) is 1.89. The van der Waals surface area contributed by atoms with Gasteiger partial charge >= 0.3 is 0 Å². The van der Waals surface area contributed by atoms with Gasteiger partial charge < -0.3 is 15.1 Å². The summed E-state index contributed by atoms with van der Waals surface area (Å²) in [5, 5.41) is 2.72. The highest BCUT2D eigenvalue weighted by Gasteiger charge is 2.28. The Balaban J connectivity index is 1.85. The van der Waals surface area contributed by atoms with Crippen molar-refractivity contribution in [3.63, 3.8) is 0 Å². The molecule has 1 aromatic rings. The molecule has 0 spiro atoms. The molecule has 25 heavy (non-hydrogen) atoms. The molecule has 0 saturated carbocycles. The zero-order valence-corrected chi connectivity index (χ0v) is 15.2. The van der Waals surface area contributed by atoms with Crippen molar-refractivity contribution >= 4 is 35.2 Å². The van der Waals surface area contributed by atoms with Crippen LogP contribution < -0.4 is 10.2 Å². The highest BCUT2D eigenvalue weighted by molar-refractivity contribution is 8.00. The molecule has 2 heterocycles. The summed E-state index contributed by atoms with van der Waals surface area (Å²) in [6, 6.07) is 5.47. The lowest BCUT2D eigenvalue weighted by Gasteiger charge is -2.30. The van der Waals surface area contributed by atoms with Gasteiger partial charge in [0.15, 0.2) is 0 Å². The first-order chi connectivity index (χ1) is 12.1. The average molecular weight is 361 g/mol. The third-order valence-corrected chi connectivity index (χ3v) is 5.52. The van der Waals surface area contributed by atoms with Crippen molar-refractivity contribution in [1.29, 1.82) is 0 Å².